The number of hydrogen-bond donors (Lipinski definition) is 1. The molecule has 0 amide bonds. The largest absolute Gasteiger partial charge is 0.268 e. The summed E-state index contributed by atoms with van der Waals surface area (Å²) in [5, 5.41) is 6.65. The lowest BCUT2D eigenvalue weighted by molar-refractivity contribution is 1.02. The van der Waals surface area contributed by atoms with E-state index in [-0.39, 0.29) is 0 Å². The standard InChI is InChI=1S/C10H9N3S/c1-7-4-8(2-3-11-7)9-5-10(14)13-12-6-9/h2-6H,1H3,(H,13,14). The van der Waals surface area contributed by atoms with Crippen LogP contribution in [0.3, 0.4) is 0 Å². The van der Waals surface area contributed by atoms with Gasteiger partial charge in [-0.3, -0.25) is 10.1 Å². The molecule has 2 aromatic rings. The van der Waals surface area contributed by atoms with Crippen LogP contribution in [0.5, 0.6) is 0 Å². The van der Waals surface area contributed by atoms with Crippen molar-refractivity contribution >= 4 is 12.2 Å². The molecule has 14 heavy (non-hydrogen) atoms. The van der Waals surface area contributed by atoms with Crippen molar-refractivity contribution in [3.63, 3.8) is 0 Å². The van der Waals surface area contributed by atoms with E-state index in [1.165, 1.54) is 0 Å². The van der Waals surface area contributed by atoms with E-state index < -0.39 is 0 Å². The zero-order valence-electron chi connectivity index (χ0n) is 7.69. The van der Waals surface area contributed by atoms with Gasteiger partial charge in [-0.15, -0.1) is 0 Å². The van der Waals surface area contributed by atoms with Gasteiger partial charge in [0, 0.05) is 17.5 Å². The molecule has 0 aliphatic carbocycles. The first-order chi connectivity index (χ1) is 6.75. The molecule has 2 rings (SSSR count). The average Bonchev–Trinajstić information content (AvgIpc) is 2.18. The molecule has 4 heteroatoms. The first kappa shape index (κ1) is 9.02. The molecule has 0 atom stereocenters. The fourth-order valence-corrected chi connectivity index (χ4v) is 1.44. The van der Waals surface area contributed by atoms with Crippen LogP contribution >= 0.6 is 12.2 Å². The van der Waals surface area contributed by atoms with Gasteiger partial charge in [-0.05, 0) is 30.7 Å². The zero-order valence-corrected chi connectivity index (χ0v) is 8.51. The summed E-state index contributed by atoms with van der Waals surface area (Å²) in [5.41, 5.74) is 3.09. The number of aromatic nitrogens is 3. The van der Waals surface area contributed by atoms with Gasteiger partial charge in [0.05, 0.1) is 6.20 Å². The van der Waals surface area contributed by atoms with E-state index in [4.69, 9.17) is 12.2 Å². The average molecular weight is 203 g/mol. The molecule has 0 aromatic carbocycles. The summed E-state index contributed by atoms with van der Waals surface area (Å²) in [7, 11) is 0. The highest BCUT2D eigenvalue weighted by Crippen LogP contribution is 2.17. The fraction of sp³-hybridized carbons (Fsp3) is 0.100. The highest BCUT2D eigenvalue weighted by atomic mass is 32.1. The van der Waals surface area contributed by atoms with Crippen molar-refractivity contribution in [3.8, 4) is 11.1 Å². The maximum absolute atomic E-state index is 5.00. The summed E-state index contributed by atoms with van der Waals surface area (Å²) < 4.78 is 0.636. The van der Waals surface area contributed by atoms with Gasteiger partial charge in [0.25, 0.3) is 0 Å². The van der Waals surface area contributed by atoms with Gasteiger partial charge in [-0.2, -0.15) is 5.10 Å². The maximum atomic E-state index is 5.00. The number of rotatable bonds is 1. The van der Waals surface area contributed by atoms with Gasteiger partial charge >= 0.3 is 0 Å². The van der Waals surface area contributed by atoms with Crippen molar-refractivity contribution in [1.82, 2.24) is 15.2 Å². The Labute approximate surface area is 86.8 Å². The van der Waals surface area contributed by atoms with Crippen LogP contribution in [0.15, 0.2) is 30.6 Å². The first-order valence-electron chi connectivity index (χ1n) is 4.23. The Morgan fingerprint density at radius 1 is 1.29 bits per heavy atom. The number of nitrogens with one attached hydrogen (secondary N) is 1. The van der Waals surface area contributed by atoms with Gasteiger partial charge in [0.2, 0.25) is 0 Å². The van der Waals surface area contributed by atoms with Crippen LogP contribution in [-0.4, -0.2) is 15.2 Å². The summed E-state index contributed by atoms with van der Waals surface area (Å²) in [5.74, 6) is 0. The molecule has 0 saturated carbocycles. The molecule has 2 heterocycles. The lowest BCUT2D eigenvalue weighted by atomic mass is 10.1. The van der Waals surface area contributed by atoms with E-state index in [2.05, 4.69) is 15.2 Å². The quantitative estimate of drug-likeness (QED) is 0.724. The summed E-state index contributed by atoms with van der Waals surface area (Å²) in [6.45, 7) is 1.96. The van der Waals surface area contributed by atoms with E-state index in [0.717, 1.165) is 16.8 Å². The number of H-pyrrole nitrogens is 1. The van der Waals surface area contributed by atoms with Gasteiger partial charge in [0.1, 0.15) is 4.64 Å². The molecule has 0 spiro atoms. The van der Waals surface area contributed by atoms with Crippen molar-refractivity contribution in [1.29, 1.82) is 0 Å². The Bertz CT molecular complexity index is 504. The number of aromatic amines is 1. The minimum absolute atomic E-state index is 0.636. The smallest absolute Gasteiger partial charge is 0.120 e. The molecule has 0 aliphatic rings. The molecule has 3 nitrogen and oxygen atoms in total. The summed E-state index contributed by atoms with van der Waals surface area (Å²) in [6.07, 6.45) is 3.54. The minimum atomic E-state index is 0.636. The van der Waals surface area contributed by atoms with Gasteiger partial charge in [-0.25, -0.2) is 0 Å². The second-order valence-electron chi connectivity index (χ2n) is 3.02. The lowest BCUT2D eigenvalue weighted by Gasteiger charge is -2.00. The van der Waals surface area contributed by atoms with Crippen molar-refractivity contribution in [3.05, 3.63) is 40.9 Å². The normalized spacial score (nSPS) is 10.1. The number of aryl methyl sites for hydroxylation is 1. The minimum Gasteiger partial charge on any atom is -0.268 e. The maximum Gasteiger partial charge on any atom is 0.120 e. The lowest BCUT2D eigenvalue weighted by Crippen LogP contribution is -1.86. The number of pyridine rings is 1. The third-order valence-electron chi connectivity index (χ3n) is 1.89. The van der Waals surface area contributed by atoms with Gasteiger partial charge in [0.15, 0.2) is 0 Å². The monoisotopic (exact) mass is 203 g/mol. The van der Waals surface area contributed by atoms with Crippen molar-refractivity contribution in [2.45, 2.75) is 6.92 Å². The zero-order chi connectivity index (χ0) is 9.97. The Morgan fingerprint density at radius 3 is 2.86 bits per heavy atom. The Morgan fingerprint density at radius 2 is 2.14 bits per heavy atom. The summed E-state index contributed by atoms with van der Waals surface area (Å²) in [4.78, 5) is 4.13. The second-order valence-corrected chi connectivity index (χ2v) is 3.46. The fourth-order valence-electron chi connectivity index (χ4n) is 1.26. The number of nitrogens with zero attached hydrogens (tertiary/aromatic N) is 2. The highest BCUT2D eigenvalue weighted by molar-refractivity contribution is 7.71. The van der Waals surface area contributed by atoms with E-state index in [0.29, 0.717) is 4.64 Å². The van der Waals surface area contributed by atoms with Crippen LogP contribution in [0.25, 0.3) is 11.1 Å². The Balaban J connectivity index is 2.55. The van der Waals surface area contributed by atoms with Crippen LogP contribution in [0.2, 0.25) is 0 Å². The molecule has 0 radical (unpaired) electrons. The molecular formula is C10H9N3S. The molecule has 0 saturated heterocycles. The predicted octanol–water partition coefficient (Wildman–Crippen LogP) is 2.51. The summed E-state index contributed by atoms with van der Waals surface area (Å²) in [6, 6.07) is 5.83. The topological polar surface area (TPSA) is 41.6 Å². The SMILES string of the molecule is Cc1cc(-c2cn[nH]c(=S)c2)ccn1. The van der Waals surface area contributed by atoms with E-state index in [9.17, 15) is 0 Å². The van der Waals surface area contributed by atoms with Crippen LogP contribution in [0.4, 0.5) is 0 Å². The van der Waals surface area contributed by atoms with Crippen LogP contribution < -0.4 is 0 Å². The second kappa shape index (κ2) is 3.67. The van der Waals surface area contributed by atoms with Gasteiger partial charge < -0.3 is 0 Å². The van der Waals surface area contributed by atoms with Crippen LogP contribution in [0, 0.1) is 11.6 Å². The van der Waals surface area contributed by atoms with Crippen LogP contribution in [-0.2, 0) is 0 Å². The van der Waals surface area contributed by atoms with Crippen molar-refractivity contribution in [2.75, 3.05) is 0 Å². The van der Waals surface area contributed by atoms with Crippen molar-refractivity contribution < 1.29 is 0 Å². The molecule has 70 valence electrons. The molecule has 0 fully saturated rings. The molecule has 0 aliphatic heterocycles. The van der Waals surface area contributed by atoms with Crippen molar-refractivity contribution in [2.24, 2.45) is 0 Å². The van der Waals surface area contributed by atoms with E-state index >= 15 is 0 Å². The van der Waals surface area contributed by atoms with E-state index in [1.54, 1.807) is 12.4 Å². The molecule has 0 bridgehead atoms. The third kappa shape index (κ3) is 1.85. The molecule has 0 unspecified atom stereocenters. The molecule has 1 N–H and O–H groups in total. The van der Waals surface area contributed by atoms with Crippen LogP contribution in [0.1, 0.15) is 5.69 Å². The van der Waals surface area contributed by atoms with E-state index in [1.807, 2.05) is 25.1 Å². The van der Waals surface area contributed by atoms with Gasteiger partial charge in [-0.1, -0.05) is 12.2 Å². The molecule has 2 aromatic heterocycles. The predicted molar refractivity (Wildman–Crippen MR) is 57.4 cm³/mol. The Hall–Kier alpha value is -1.55. The molecular weight excluding hydrogens is 194 g/mol. The summed E-state index contributed by atoms with van der Waals surface area (Å²) >= 11 is 5.00. The third-order valence-corrected chi connectivity index (χ3v) is 2.10. The first-order valence-corrected chi connectivity index (χ1v) is 4.64. The highest BCUT2D eigenvalue weighted by Gasteiger charge is 1.97. The Kier molecular flexibility index (Phi) is 2.37. The number of hydrogen-bond acceptors (Lipinski definition) is 3.